The Morgan fingerprint density at radius 1 is 0.778 bits per heavy atom. The second kappa shape index (κ2) is 12.5. The van der Waals surface area contributed by atoms with E-state index >= 15 is 0 Å². The minimum Gasteiger partial charge on any atom is -0.329 e. The van der Waals surface area contributed by atoms with Gasteiger partial charge in [0.2, 0.25) is 17.7 Å². The number of carbonyl (C=O) groups excluding carboxylic acids is 5. The molecule has 0 saturated carbocycles. The highest BCUT2D eigenvalue weighted by Gasteiger charge is 2.41. The van der Waals surface area contributed by atoms with Crippen LogP contribution in [0.1, 0.15) is 115 Å². The van der Waals surface area contributed by atoms with E-state index in [4.69, 9.17) is 0 Å². The molecule has 2 saturated heterocycles. The number of hydrogen-bond donors (Lipinski definition) is 2. The fourth-order valence-corrected chi connectivity index (χ4v) is 6.56. The minimum atomic E-state index is -0.666. The van der Waals surface area contributed by atoms with Gasteiger partial charge < -0.3 is 15.1 Å². The van der Waals surface area contributed by atoms with Crippen molar-refractivity contribution in [2.24, 2.45) is 0 Å². The van der Waals surface area contributed by atoms with Gasteiger partial charge in [-0.1, -0.05) is 34.3 Å². The van der Waals surface area contributed by atoms with Crippen molar-refractivity contribution in [1.29, 1.82) is 0 Å². The van der Waals surface area contributed by atoms with E-state index in [0.717, 1.165) is 28.7 Å². The highest BCUT2D eigenvalue weighted by molar-refractivity contribution is 6.05. The lowest BCUT2D eigenvalue weighted by molar-refractivity contribution is -0.137. The first-order chi connectivity index (χ1) is 21.3. The number of piperidine rings is 2. The van der Waals surface area contributed by atoms with Gasteiger partial charge in [-0.25, -0.2) is 8.78 Å². The van der Waals surface area contributed by atoms with Crippen LogP contribution in [0.5, 0.6) is 0 Å². The topological polar surface area (TPSA) is 116 Å². The second-order valence-corrected chi connectivity index (χ2v) is 12.5. The molecule has 4 heterocycles. The summed E-state index contributed by atoms with van der Waals surface area (Å²) in [6.45, 7) is 12.4. The van der Waals surface area contributed by atoms with Crippen LogP contribution in [-0.2, 0) is 27.5 Å². The van der Waals surface area contributed by atoms with Crippen molar-refractivity contribution < 1.29 is 32.8 Å². The zero-order valence-corrected chi connectivity index (χ0v) is 26.0. The van der Waals surface area contributed by atoms with E-state index in [0.29, 0.717) is 49.2 Å². The molecule has 0 radical (unpaired) electrons. The predicted octanol–water partition coefficient (Wildman–Crippen LogP) is 4.80. The molecule has 3 unspecified atom stereocenters. The van der Waals surface area contributed by atoms with Crippen LogP contribution < -0.4 is 10.6 Å². The Hall–Kier alpha value is -4.41. The lowest BCUT2D eigenvalue weighted by atomic mass is 9.91. The largest absolute Gasteiger partial charge is 0.329 e. The van der Waals surface area contributed by atoms with Crippen molar-refractivity contribution >= 4 is 29.5 Å². The molecule has 0 bridgehead atoms. The maximum atomic E-state index is 13.9. The maximum absolute atomic E-state index is 13.9. The number of benzene rings is 2. The zero-order valence-electron chi connectivity index (χ0n) is 26.0. The van der Waals surface area contributed by atoms with Crippen LogP contribution in [0.25, 0.3) is 0 Å². The molecule has 238 valence electrons. The lowest BCUT2D eigenvalue weighted by Crippen LogP contribution is -2.52. The Labute approximate surface area is 261 Å². The summed E-state index contributed by atoms with van der Waals surface area (Å²) >= 11 is 0. The van der Waals surface area contributed by atoms with Gasteiger partial charge in [0, 0.05) is 36.3 Å². The first-order valence-electron chi connectivity index (χ1n) is 15.4. The fourth-order valence-electron chi connectivity index (χ4n) is 6.56. The van der Waals surface area contributed by atoms with Gasteiger partial charge >= 0.3 is 0 Å². The predicted molar refractivity (Wildman–Crippen MR) is 162 cm³/mol. The number of nitrogens with one attached hydrogen (secondary N) is 2. The minimum absolute atomic E-state index is 0.122. The third-order valence-electron chi connectivity index (χ3n) is 9.19. The van der Waals surface area contributed by atoms with Gasteiger partial charge in [0.25, 0.3) is 11.8 Å². The van der Waals surface area contributed by atoms with E-state index in [2.05, 4.69) is 17.2 Å². The molecule has 2 N–H and O–H groups in total. The molecule has 2 aromatic rings. The quantitative estimate of drug-likeness (QED) is 0.466. The SMILES string of the molecule is C=C1CCC(N2Cc3c(cc(F)cc3C(C)C)C2=O)C(=O)N1.CCC(C)c1cc(F)cc2c1CN(C1CCC(=O)NC1=O)C2=O. The van der Waals surface area contributed by atoms with Gasteiger partial charge in [-0.3, -0.25) is 29.3 Å². The van der Waals surface area contributed by atoms with Crippen LogP contribution in [0.15, 0.2) is 36.5 Å². The summed E-state index contributed by atoms with van der Waals surface area (Å²) in [5.41, 5.74) is 4.72. The second-order valence-electron chi connectivity index (χ2n) is 12.5. The van der Waals surface area contributed by atoms with E-state index in [-0.39, 0.29) is 41.9 Å². The average molecular weight is 621 g/mol. The third-order valence-corrected chi connectivity index (χ3v) is 9.19. The monoisotopic (exact) mass is 620 g/mol. The molecule has 2 aromatic carbocycles. The molecule has 4 aliphatic rings. The molecule has 5 amide bonds. The van der Waals surface area contributed by atoms with Crippen molar-refractivity contribution in [2.75, 3.05) is 0 Å². The van der Waals surface area contributed by atoms with Gasteiger partial charge in [-0.15, -0.1) is 0 Å². The van der Waals surface area contributed by atoms with Gasteiger partial charge in [0.05, 0.1) is 0 Å². The highest BCUT2D eigenvalue weighted by Crippen LogP contribution is 2.36. The Bertz CT molecular complexity index is 1620. The Balaban J connectivity index is 0.000000178. The molecular weight excluding hydrogens is 582 g/mol. The van der Waals surface area contributed by atoms with E-state index in [1.165, 1.54) is 29.2 Å². The summed E-state index contributed by atoms with van der Waals surface area (Å²) in [6.07, 6.45) is 2.57. The summed E-state index contributed by atoms with van der Waals surface area (Å²) in [5, 5.41) is 4.97. The number of nitrogens with zero attached hydrogens (tertiary/aromatic N) is 2. The fraction of sp³-hybridized carbons (Fsp3) is 0.441. The number of hydrogen-bond acceptors (Lipinski definition) is 5. The zero-order chi connectivity index (χ0) is 32.7. The van der Waals surface area contributed by atoms with Crippen molar-refractivity contribution in [3.63, 3.8) is 0 Å². The van der Waals surface area contributed by atoms with Crippen LogP contribution in [0.4, 0.5) is 8.78 Å². The standard InChI is InChI=1S/C17H19FN2O3.C17H19FN2O2/c1-3-9(2)11-6-10(18)7-12-13(11)8-20(17(12)23)14-4-5-15(21)19-16(14)22;1-9(2)12-6-11(18)7-13-14(12)8-20(17(13)22)15-5-4-10(3)19-16(15)21/h6-7,9,14H,3-5,8H2,1-2H3,(H,19,21,22);6-7,9,15H,3-5,8H2,1-2H3,(H,19,21). The molecular formula is C34H38F2N4O5. The number of imide groups is 1. The Kier molecular flexibility index (Phi) is 8.91. The van der Waals surface area contributed by atoms with E-state index in [1.54, 1.807) is 4.90 Å². The summed E-state index contributed by atoms with van der Waals surface area (Å²) < 4.78 is 27.7. The van der Waals surface area contributed by atoms with Crippen LogP contribution in [0.2, 0.25) is 0 Å². The van der Waals surface area contributed by atoms with Crippen LogP contribution in [-0.4, -0.2) is 51.4 Å². The lowest BCUT2D eigenvalue weighted by Gasteiger charge is -2.31. The first kappa shape index (κ1) is 32.0. The van der Waals surface area contributed by atoms with E-state index in [1.807, 2.05) is 27.7 Å². The van der Waals surface area contributed by atoms with Gasteiger partial charge in [-0.05, 0) is 84.0 Å². The number of fused-ring (bicyclic) bond motifs is 2. The molecule has 6 rings (SSSR count). The summed E-state index contributed by atoms with van der Waals surface area (Å²) in [4.78, 5) is 63.7. The Morgan fingerprint density at radius 2 is 1.27 bits per heavy atom. The molecule has 11 heteroatoms. The van der Waals surface area contributed by atoms with Crippen molar-refractivity contribution in [1.82, 2.24) is 20.4 Å². The molecule has 0 spiro atoms. The molecule has 3 atom stereocenters. The van der Waals surface area contributed by atoms with Crippen LogP contribution in [0, 0.1) is 11.6 Å². The number of allylic oxidation sites excluding steroid dienone is 1. The molecule has 9 nitrogen and oxygen atoms in total. The Morgan fingerprint density at radius 3 is 1.76 bits per heavy atom. The number of carbonyl (C=O) groups is 5. The number of amides is 5. The van der Waals surface area contributed by atoms with Crippen molar-refractivity contribution in [3.05, 3.63) is 81.6 Å². The number of halogens is 2. The van der Waals surface area contributed by atoms with E-state index < -0.39 is 29.6 Å². The normalized spacial score (nSPS) is 21.8. The van der Waals surface area contributed by atoms with Crippen molar-refractivity contribution in [3.8, 4) is 0 Å². The smallest absolute Gasteiger partial charge is 0.255 e. The summed E-state index contributed by atoms with van der Waals surface area (Å²) in [7, 11) is 0. The van der Waals surface area contributed by atoms with Gasteiger partial charge in [0.15, 0.2) is 0 Å². The van der Waals surface area contributed by atoms with Gasteiger partial charge in [0.1, 0.15) is 23.7 Å². The summed E-state index contributed by atoms with van der Waals surface area (Å²) in [5.74, 6) is -2.15. The third kappa shape index (κ3) is 6.12. The molecule has 0 aromatic heterocycles. The number of rotatable bonds is 5. The van der Waals surface area contributed by atoms with Crippen LogP contribution in [0.3, 0.4) is 0 Å². The van der Waals surface area contributed by atoms with E-state index in [9.17, 15) is 32.8 Å². The average Bonchev–Trinajstić information content (AvgIpc) is 3.48. The van der Waals surface area contributed by atoms with Crippen LogP contribution >= 0.6 is 0 Å². The van der Waals surface area contributed by atoms with Crippen molar-refractivity contribution in [2.45, 2.75) is 96.8 Å². The van der Waals surface area contributed by atoms with Gasteiger partial charge in [-0.2, -0.15) is 0 Å². The first-order valence-corrected chi connectivity index (χ1v) is 15.4. The molecule has 45 heavy (non-hydrogen) atoms. The highest BCUT2D eigenvalue weighted by atomic mass is 19.1. The molecule has 2 fully saturated rings. The molecule has 4 aliphatic heterocycles. The molecule has 0 aliphatic carbocycles. The maximum Gasteiger partial charge on any atom is 0.255 e. The summed E-state index contributed by atoms with van der Waals surface area (Å²) in [6, 6.07) is 4.32.